The predicted molar refractivity (Wildman–Crippen MR) is 98.4 cm³/mol. The molecule has 4 N–H and O–H groups in total. The van der Waals surface area contributed by atoms with E-state index >= 15 is 0 Å². The van der Waals surface area contributed by atoms with Gasteiger partial charge in [0, 0.05) is 0 Å². The first kappa shape index (κ1) is 42.1. The van der Waals surface area contributed by atoms with Crippen LogP contribution < -0.4 is 144 Å². The summed E-state index contributed by atoms with van der Waals surface area (Å²) in [5.41, 5.74) is 6.10. The molecule has 18 nitrogen and oxygen atoms in total. The fraction of sp³-hybridized carbons (Fsp3) is 0.545. The number of nitrogen functional groups attached to an aromatic ring is 1. The number of imidazole rings is 1. The van der Waals surface area contributed by atoms with Gasteiger partial charge in [0.1, 0.15) is 23.8 Å². The van der Waals surface area contributed by atoms with Gasteiger partial charge in [-0.3, -0.25) is 18.0 Å². The third-order valence-corrected chi connectivity index (χ3v) is 8.23. The number of aliphatic hydroxyl groups excluding tert-OH is 2. The SMILES string of the molecule is CSc1nc(N)c2ncn([C@H]3O[C@H](COP(=O)([O-])OP(=O)([O-])OP(=O)([O-])[O-])[C@@H](O)[C@@H]3O)c2n1.[Na+].[Na+].[Na+].[Na+]. The molecule has 3 heterocycles. The van der Waals surface area contributed by atoms with Crippen molar-refractivity contribution >= 4 is 52.2 Å². The van der Waals surface area contributed by atoms with Crippen LogP contribution in [0.4, 0.5) is 5.82 Å². The molecule has 6 atom stereocenters. The number of ether oxygens (including phenoxy) is 1. The molecule has 0 radical (unpaired) electrons. The number of aromatic nitrogens is 4. The Morgan fingerprint density at radius 2 is 1.65 bits per heavy atom. The molecule has 1 aliphatic rings. The number of anilines is 1. The minimum atomic E-state index is -6.15. The Hall–Kier alpha value is 2.99. The van der Waals surface area contributed by atoms with Crippen LogP contribution in [0.5, 0.6) is 0 Å². The van der Waals surface area contributed by atoms with Gasteiger partial charge in [0.05, 0.1) is 20.8 Å². The summed E-state index contributed by atoms with van der Waals surface area (Å²) >= 11 is 1.16. The number of phosphoric ester groups is 1. The summed E-state index contributed by atoms with van der Waals surface area (Å²) in [6, 6.07) is 0. The standard InChI is InChI=1S/C11H18N5O13P3S.4Na/c1-33-11-14-8(12)5-9(15-11)16(3-13-5)10-7(18)6(17)4(27-10)2-26-31(22,23)29-32(24,25)28-30(19,20)21;;;;/h3-4,6-7,10,17-18H,2H2,1H3,(H,22,23)(H,24,25)(H2,12,14,15)(H2,19,20,21);;;;/q;4*+1/p-4/t4-,6-,7+,10+;;;;/m1..../s1. The Morgan fingerprint density at radius 3 is 2.19 bits per heavy atom. The molecule has 26 heteroatoms. The molecule has 186 valence electrons. The van der Waals surface area contributed by atoms with Gasteiger partial charge in [0.25, 0.3) is 15.6 Å². The van der Waals surface area contributed by atoms with Crippen LogP contribution in [0, 0.1) is 0 Å². The van der Waals surface area contributed by atoms with Crippen molar-refractivity contribution in [2.24, 2.45) is 0 Å². The molecule has 2 aromatic heterocycles. The smallest absolute Gasteiger partial charge is 0.790 e. The van der Waals surface area contributed by atoms with Crippen LogP contribution in [-0.2, 0) is 31.6 Å². The first-order valence-electron chi connectivity index (χ1n) is 8.39. The van der Waals surface area contributed by atoms with Crippen molar-refractivity contribution in [3.8, 4) is 0 Å². The molecule has 0 aliphatic carbocycles. The maximum atomic E-state index is 11.7. The van der Waals surface area contributed by atoms with Gasteiger partial charge in [-0.25, -0.2) is 19.3 Å². The number of fused-ring (bicyclic) bond motifs is 1. The molecule has 0 bridgehead atoms. The zero-order valence-electron chi connectivity index (χ0n) is 20.1. The Bertz CT molecular complexity index is 1190. The van der Waals surface area contributed by atoms with E-state index in [2.05, 4.69) is 28.1 Å². The number of rotatable bonds is 9. The first-order chi connectivity index (χ1) is 15.1. The Balaban J connectivity index is 0. The normalized spacial score (nSPS) is 24.5. The van der Waals surface area contributed by atoms with Gasteiger partial charge in [-0.2, -0.15) is 0 Å². The molecule has 1 saturated heterocycles. The zero-order valence-corrected chi connectivity index (χ0v) is 31.6. The topological polar surface area (TPSA) is 290 Å². The molecular weight excluding hydrogens is 627 g/mol. The molecule has 37 heavy (non-hydrogen) atoms. The van der Waals surface area contributed by atoms with Crippen molar-refractivity contribution < 1.29 is 180 Å². The van der Waals surface area contributed by atoms with E-state index in [1.165, 1.54) is 10.9 Å². The van der Waals surface area contributed by atoms with Crippen LogP contribution >= 0.6 is 35.2 Å². The van der Waals surface area contributed by atoms with E-state index in [1.54, 1.807) is 6.26 Å². The van der Waals surface area contributed by atoms with Gasteiger partial charge in [0.2, 0.25) is 0 Å². The Labute approximate surface area is 301 Å². The largest absolute Gasteiger partial charge is 1.00 e. The second-order valence-corrected chi connectivity index (χ2v) is 11.3. The average Bonchev–Trinajstić information content (AvgIpc) is 3.19. The molecule has 2 unspecified atom stereocenters. The van der Waals surface area contributed by atoms with E-state index in [0.717, 1.165) is 11.8 Å². The third kappa shape index (κ3) is 11.5. The maximum absolute atomic E-state index is 11.7. The minimum absolute atomic E-state index is 0. The first-order valence-corrected chi connectivity index (χ1v) is 14.0. The number of aliphatic hydroxyl groups is 2. The fourth-order valence-electron chi connectivity index (χ4n) is 2.74. The van der Waals surface area contributed by atoms with E-state index in [9.17, 15) is 43.5 Å². The summed E-state index contributed by atoms with van der Waals surface area (Å²) in [6.45, 7) is -1.08. The molecular formula is C11H14N5Na4O13P3S. The van der Waals surface area contributed by atoms with Crippen molar-refractivity contribution in [3.63, 3.8) is 0 Å². The minimum Gasteiger partial charge on any atom is -0.790 e. The van der Waals surface area contributed by atoms with Crippen LogP contribution in [-0.4, -0.2) is 60.9 Å². The summed E-state index contributed by atoms with van der Waals surface area (Å²) < 4.78 is 50.5. The summed E-state index contributed by atoms with van der Waals surface area (Å²) in [6.07, 6.45) is -3.44. The van der Waals surface area contributed by atoms with E-state index in [-0.39, 0.29) is 140 Å². The molecule has 3 rings (SSSR count). The monoisotopic (exact) mass is 641 g/mol. The Kier molecular flexibility index (Phi) is 19.1. The van der Waals surface area contributed by atoms with Gasteiger partial charge in [-0.1, -0.05) is 11.8 Å². The Morgan fingerprint density at radius 1 is 1.05 bits per heavy atom. The molecule has 0 aromatic carbocycles. The number of hydrogen-bond acceptors (Lipinski definition) is 18. The van der Waals surface area contributed by atoms with E-state index < -0.39 is 54.6 Å². The zero-order chi connectivity index (χ0) is 24.8. The maximum Gasteiger partial charge on any atom is 1.00 e. The predicted octanol–water partition coefficient (Wildman–Crippen LogP) is -15.4. The molecule has 0 saturated carbocycles. The molecule has 0 spiro atoms. The van der Waals surface area contributed by atoms with Crippen molar-refractivity contribution in [1.29, 1.82) is 0 Å². The third-order valence-electron chi connectivity index (χ3n) is 4.02. The number of nitrogens with two attached hydrogens (primary N) is 1. The van der Waals surface area contributed by atoms with Crippen molar-refractivity contribution in [1.82, 2.24) is 19.5 Å². The second kappa shape index (κ2) is 16.7. The van der Waals surface area contributed by atoms with E-state index in [4.69, 9.17) is 10.5 Å². The fourth-order valence-corrected chi connectivity index (χ4v) is 5.97. The average molecular weight is 641 g/mol. The van der Waals surface area contributed by atoms with Crippen LogP contribution in [0.25, 0.3) is 11.2 Å². The van der Waals surface area contributed by atoms with Crippen molar-refractivity contribution in [3.05, 3.63) is 6.33 Å². The van der Waals surface area contributed by atoms with Gasteiger partial charge >= 0.3 is 118 Å². The number of nitrogens with zero attached hydrogens (tertiary/aromatic N) is 4. The molecule has 0 amide bonds. The summed E-state index contributed by atoms with van der Waals surface area (Å²) in [4.78, 5) is 55.7. The van der Waals surface area contributed by atoms with Crippen molar-refractivity contribution in [2.45, 2.75) is 29.7 Å². The van der Waals surface area contributed by atoms with E-state index in [0.29, 0.717) is 0 Å². The van der Waals surface area contributed by atoms with Gasteiger partial charge < -0.3 is 49.3 Å². The quantitative estimate of drug-likeness (QED) is 0.0991. The second-order valence-electron chi connectivity index (χ2n) is 6.27. The van der Waals surface area contributed by atoms with Crippen molar-refractivity contribution in [2.75, 3.05) is 18.6 Å². The summed E-state index contributed by atoms with van der Waals surface area (Å²) in [7, 11) is -18.1. The van der Waals surface area contributed by atoms with Gasteiger partial charge in [0.15, 0.2) is 22.8 Å². The van der Waals surface area contributed by atoms with E-state index in [1.807, 2.05) is 0 Å². The molecule has 2 aromatic rings. The van der Waals surface area contributed by atoms with Crippen LogP contribution in [0.1, 0.15) is 6.23 Å². The summed E-state index contributed by atoms with van der Waals surface area (Å²) in [5, 5.41) is 20.8. The van der Waals surface area contributed by atoms with Gasteiger partial charge in [-0.15, -0.1) is 0 Å². The van der Waals surface area contributed by atoms with Crippen LogP contribution in [0.2, 0.25) is 0 Å². The molecule has 1 aliphatic heterocycles. The van der Waals surface area contributed by atoms with Crippen LogP contribution in [0.15, 0.2) is 11.5 Å². The molecule has 1 fully saturated rings. The van der Waals surface area contributed by atoms with Gasteiger partial charge in [-0.05, 0) is 6.26 Å². The number of phosphoric acid groups is 3. The van der Waals surface area contributed by atoms with Crippen LogP contribution in [0.3, 0.4) is 0 Å². The number of thioether (sulfide) groups is 1. The summed E-state index contributed by atoms with van der Waals surface area (Å²) in [5.74, 6) is 0.0328. The number of hydrogen-bond donors (Lipinski definition) is 3.